The Balaban J connectivity index is 1.19. The van der Waals surface area contributed by atoms with E-state index in [0.29, 0.717) is 50.8 Å². The number of methoxy groups -OCH3 is 1. The molecule has 17 heteroatoms. The van der Waals surface area contributed by atoms with Gasteiger partial charge in [0.2, 0.25) is 11.8 Å². The van der Waals surface area contributed by atoms with Crippen LogP contribution in [-0.4, -0.2) is 106 Å². The third-order valence-corrected chi connectivity index (χ3v) is 12.3. The van der Waals surface area contributed by atoms with Crippen LogP contribution in [0.15, 0.2) is 42.3 Å². The van der Waals surface area contributed by atoms with Gasteiger partial charge in [-0.3, -0.25) is 9.59 Å². The van der Waals surface area contributed by atoms with Crippen LogP contribution in [0, 0.1) is 23.2 Å². The number of amides is 3. The number of anilines is 1. The highest BCUT2D eigenvalue weighted by Crippen LogP contribution is 2.52. The quantitative estimate of drug-likeness (QED) is 0.115. The molecule has 3 aliphatic carbocycles. The monoisotopic (exact) mass is 832 g/mol. The Kier molecular flexibility index (Phi) is 11.5. The summed E-state index contributed by atoms with van der Waals surface area (Å²) >= 11 is 1.42. The van der Waals surface area contributed by atoms with E-state index in [-0.39, 0.29) is 38.1 Å². The summed E-state index contributed by atoms with van der Waals surface area (Å²) in [6, 6.07) is 4.72. The lowest BCUT2D eigenvalue weighted by molar-refractivity contribution is -0.146. The summed E-state index contributed by atoms with van der Waals surface area (Å²) in [7, 11) is 1.27. The summed E-state index contributed by atoms with van der Waals surface area (Å²) in [5.41, 5.74) is -0.822. The van der Waals surface area contributed by atoms with Gasteiger partial charge in [0.1, 0.15) is 47.0 Å². The van der Waals surface area contributed by atoms with Gasteiger partial charge < -0.3 is 44.9 Å². The van der Waals surface area contributed by atoms with Gasteiger partial charge in [0.05, 0.1) is 24.9 Å². The standard InChI is InChI=1S/C42H52N6O10S/c1-8-24-17-42(24,38(52)53)47-36(50)32-15-27(18-48(32)37(51)35(41(4,5)6)46-40(54)58-26-12-22-11-23(22)13-26)57-33-16-30(31-20-59-39(45-31)43-21(2)3)44-29-14-25(9-10-28(29)33)56-19-34(49)55-7/h8-10,14,16,20-24,26-27,32,35H,1,11-13,15,17-19H2,2-7H3,(H,43,45)(H,46,54)(H,47,50)(H,52,53)/t22-,23+,24?,26+,27-,32+,35?,42-/m1/s1. The highest BCUT2D eigenvalue weighted by Gasteiger charge is 2.61. The molecule has 0 radical (unpaired) electrons. The van der Waals surface area contributed by atoms with Crippen molar-refractivity contribution in [3.05, 3.63) is 42.3 Å². The van der Waals surface area contributed by atoms with Crippen LogP contribution in [0.5, 0.6) is 11.5 Å². The summed E-state index contributed by atoms with van der Waals surface area (Å²) in [6.07, 6.45) is 2.78. The van der Waals surface area contributed by atoms with Crippen molar-refractivity contribution in [2.24, 2.45) is 23.2 Å². The molecular weight excluding hydrogens is 781 g/mol. The Morgan fingerprint density at radius 3 is 2.44 bits per heavy atom. The average Bonchev–Trinajstić information content (AvgIpc) is 3.85. The number of hydrogen-bond donors (Lipinski definition) is 4. The molecule has 1 aromatic carbocycles. The molecule has 7 rings (SSSR count). The number of nitrogens with zero attached hydrogens (tertiary/aromatic N) is 3. The van der Waals surface area contributed by atoms with Gasteiger partial charge in [0.25, 0.3) is 0 Å². The summed E-state index contributed by atoms with van der Waals surface area (Å²) in [6.45, 7) is 12.8. The molecule has 8 atom stereocenters. The Hall–Kier alpha value is -5.45. The van der Waals surface area contributed by atoms with Gasteiger partial charge in [-0.05, 0) is 68.9 Å². The van der Waals surface area contributed by atoms with Crippen molar-refractivity contribution in [3.63, 3.8) is 0 Å². The molecule has 2 unspecified atom stereocenters. The maximum absolute atomic E-state index is 14.7. The molecule has 2 aromatic heterocycles. The average molecular weight is 833 g/mol. The molecule has 1 aliphatic heterocycles. The molecule has 4 fully saturated rings. The second kappa shape index (κ2) is 16.3. The van der Waals surface area contributed by atoms with Crippen LogP contribution in [0.4, 0.5) is 9.93 Å². The van der Waals surface area contributed by atoms with Crippen LogP contribution in [-0.2, 0) is 28.7 Å². The molecule has 316 valence electrons. The second-order valence-corrected chi connectivity index (χ2v) is 18.2. The molecule has 3 amide bonds. The van der Waals surface area contributed by atoms with E-state index in [1.165, 1.54) is 29.4 Å². The normalized spacial score (nSPS) is 26.1. The lowest BCUT2D eigenvalue weighted by Crippen LogP contribution is -2.59. The van der Waals surface area contributed by atoms with Crippen molar-refractivity contribution >= 4 is 57.2 Å². The smallest absolute Gasteiger partial charge is 0.408 e. The van der Waals surface area contributed by atoms with E-state index in [0.717, 1.165) is 19.3 Å². The number of aromatic nitrogens is 2. The number of alkyl carbamates (subject to hydrolysis) is 1. The van der Waals surface area contributed by atoms with Gasteiger partial charge in [-0.25, -0.2) is 24.4 Å². The van der Waals surface area contributed by atoms with Gasteiger partial charge in [-0.15, -0.1) is 17.9 Å². The van der Waals surface area contributed by atoms with E-state index >= 15 is 0 Å². The summed E-state index contributed by atoms with van der Waals surface area (Å²) in [5.74, 6) is -1.49. The third kappa shape index (κ3) is 9.09. The van der Waals surface area contributed by atoms with Crippen LogP contribution >= 0.6 is 11.3 Å². The van der Waals surface area contributed by atoms with Crippen molar-refractivity contribution in [2.75, 3.05) is 25.6 Å². The number of carboxylic acids is 1. The number of aliphatic carboxylic acids is 1. The number of esters is 1. The van der Waals surface area contributed by atoms with Crippen molar-refractivity contribution in [3.8, 4) is 22.9 Å². The predicted octanol–water partition coefficient (Wildman–Crippen LogP) is 5.16. The first-order valence-corrected chi connectivity index (χ1v) is 20.8. The zero-order valence-corrected chi connectivity index (χ0v) is 34.9. The highest BCUT2D eigenvalue weighted by atomic mass is 32.1. The Labute approximate surface area is 346 Å². The van der Waals surface area contributed by atoms with Crippen molar-refractivity contribution in [2.45, 2.75) is 103 Å². The van der Waals surface area contributed by atoms with Crippen LogP contribution in [0.1, 0.15) is 66.7 Å². The Morgan fingerprint density at radius 1 is 1.05 bits per heavy atom. The highest BCUT2D eigenvalue weighted by molar-refractivity contribution is 7.14. The fraction of sp³-hybridized carbons (Fsp3) is 0.548. The zero-order valence-electron chi connectivity index (χ0n) is 34.1. The van der Waals surface area contributed by atoms with Crippen molar-refractivity contribution in [1.29, 1.82) is 0 Å². The van der Waals surface area contributed by atoms with E-state index in [9.17, 15) is 29.1 Å². The van der Waals surface area contributed by atoms with Crippen molar-refractivity contribution in [1.82, 2.24) is 25.5 Å². The molecule has 3 aromatic rings. The maximum atomic E-state index is 14.7. The van der Waals surface area contributed by atoms with E-state index < -0.39 is 64.9 Å². The Bertz CT molecular complexity index is 2140. The van der Waals surface area contributed by atoms with Crippen LogP contribution < -0.4 is 25.4 Å². The third-order valence-electron chi connectivity index (χ3n) is 11.5. The number of benzene rings is 1. The van der Waals surface area contributed by atoms with Gasteiger partial charge in [-0.1, -0.05) is 26.8 Å². The topological polar surface area (TPSA) is 208 Å². The number of thiazole rings is 1. The molecule has 0 bridgehead atoms. The number of carbonyl (C=O) groups is 5. The molecule has 0 spiro atoms. The molecular formula is C42H52N6O10S. The Morgan fingerprint density at radius 2 is 1.80 bits per heavy atom. The van der Waals surface area contributed by atoms with Crippen LogP contribution in [0.25, 0.3) is 22.3 Å². The number of nitrogens with one attached hydrogen (secondary N) is 3. The number of ether oxygens (including phenoxy) is 4. The number of pyridine rings is 1. The molecule has 59 heavy (non-hydrogen) atoms. The lowest BCUT2D eigenvalue weighted by Gasteiger charge is -2.35. The minimum absolute atomic E-state index is 0.0107. The fourth-order valence-electron chi connectivity index (χ4n) is 8.15. The largest absolute Gasteiger partial charge is 0.488 e. The SMILES string of the molecule is C=CC1C[C@]1(NC(=O)[C@@H]1C[C@@H](Oc2cc(-c3csc(NC(C)C)n3)nc3cc(OCC(=O)OC)ccc23)CN1C(=O)C(NC(=O)O[C@@H]1C[C@@H]2C[C@@H]2C1)C(C)(C)C)C(=O)O. The minimum Gasteiger partial charge on any atom is -0.488 e. The van der Waals surface area contributed by atoms with E-state index in [4.69, 9.17) is 28.9 Å². The first-order chi connectivity index (χ1) is 28.0. The first kappa shape index (κ1) is 41.7. The summed E-state index contributed by atoms with van der Waals surface area (Å²) < 4.78 is 22.8. The number of likely N-dealkylation sites (tertiary alicyclic amines) is 1. The molecule has 3 heterocycles. The van der Waals surface area contributed by atoms with Crippen molar-refractivity contribution < 1.29 is 48.0 Å². The number of rotatable bonds is 15. The second-order valence-electron chi connectivity index (χ2n) is 17.4. The molecule has 3 saturated carbocycles. The van der Waals surface area contributed by atoms with Crippen LogP contribution in [0.2, 0.25) is 0 Å². The van der Waals surface area contributed by atoms with E-state index in [2.05, 4.69) is 22.5 Å². The number of carbonyl (C=O) groups excluding carboxylic acids is 4. The van der Waals surface area contributed by atoms with E-state index in [1.54, 1.807) is 24.3 Å². The van der Waals surface area contributed by atoms with Crippen LogP contribution in [0.3, 0.4) is 0 Å². The summed E-state index contributed by atoms with van der Waals surface area (Å²) in [5, 5.41) is 22.1. The van der Waals surface area contributed by atoms with Gasteiger partial charge in [0.15, 0.2) is 11.7 Å². The number of carboxylic acid groups (broad SMARTS) is 1. The predicted molar refractivity (Wildman–Crippen MR) is 218 cm³/mol. The van der Waals surface area contributed by atoms with E-state index in [1.807, 2.05) is 40.0 Å². The zero-order chi connectivity index (χ0) is 42.4. The number of fused-ring (bicyclic) bond motifs is 2. The lowest BCUT2D eigenvalue weighted by atomic mass is 9.85. The van der Waals surface area contributed by atoms with Gasteiger partial charge in [0, 0.05) is 41.3 Å². The summed E-state index contributed by atoms with van der Waals surface area (Å²) in [4.78, 5) is 77.4. The maximum Gasteiger partial charge on any atom is 0.408 e. The molecule has 16 nitrogen and oxygen atoms in total. The molecule has 1 saturated heterocycles. The van der Waals surface area contributed by atoms with Gasteiger partial charge >= 0.3 is 18.0 Å². The molecule has 4 N–H and O–H groups in total. The fourth-order valence-corrected chi connectivity index (χ4v) is 9.00. The minimum atomic E-state index is -1.54. The first-order valence-electron chi connectivity index (χ1n) is 20.0. The van der Waals surface area contributed by atoms with Gasteiger partial charge in [-0.2, -0.15) is 0 Å². The molecule has 4 aliphatic rings. The number of hydrogen-bond acceptors (Lipinski definition) is 13.